The van der Waals surface area contributed by atoms with Gasteiger partial charge >= 0.3 is 0 Å². The van der Waals surface area contributed by atoms with Crippen molar-refractivity contribution in [2.75, 3.05) is 11.4 Å². The van der Waals surface area contributed by atoms with E-state index in [1.807, 2.05) is 24.3 Å². The standard InChI is InChI=1S/C26H26N4O/c1-2-21-10-6-7-17-30(21)26-28-24-23(25(31)29-26)22(15-16-27-24)20-13-11-19(12-14-20)18-8-4-3-5-9-18/h3-5,8-9,11-16,21H,2,6-7,10,17H2,1H3,(H,27,28,29,31). The molecule has 0 radical (unpaired) electrons. The number of benzene rings is 2. The van der Waals surface area contributed by atoms with E-state index in [-0.39, 0.29) is 5.56 Å². The Hall–Kier alpha value is -3.47. The summed E-state index contributed by atoms with van der Waals surface area (Å²) in [6, 6.07) is 20.9. The first kappa shape index (κ1) is 19.5. The number of hydrogen-bond donors (Lipinski definition) is 1. The molecule has 5 nitrogen and oxygen atoms in total. The molecule has 4 aromatic rings. The number of aromatic nitrogens is 3. The molecule has 5 rings (SSSR count). The molecule has 2 aromatic heterocycles. The van der Waals surface area contributed by atoms with E-state index in [2.05, 4.69) is 58.2 Å². The smallest absolute Gasteiger partial charge is 0.262 e. The lowest BCUT2D eigenvalue weighted by atomic mass is 9.99. The highest BCUT2D eigenvalue weighted by Gasteiger charge is 2.24. The number of pyridine rings is 1. The van der Waals surface area contributed by atoms with E-state index in [0.717, 1.165) is 42.5 Å². The lowest BCUT2D eigenvalue weighted by Gasteiger charge is -2.35. The highest BCUT2D eigenvalue weighted by atomic mass is 16.1. The van der Waals surface area contributed by atoms with E-state index in [0.29, 0.717) is 23.0 Å². The third kappa shape index (κ3) is 3.72. The number of anilines is 1. The van der Waals surface area contributed by atoms with Gasteiger partial charge in [0.2, 0.25) is 5.95 Å². The Kier molecular flexibility index (Phi) is 5.24. The maximum absolute atomic E-state index is 13.2. The van der Waals surface area contributed by atoms with Gasteiger partial charge in [0.05, 0.1) is 5.39 Å². The molecule has 31 heavy (non-hydrogen) atoms. The van der Waals surface area contributed by atoms with Gasteiger partial charge in [-0.3, -0.25) is 9.78 Å². The summed E-state index contributed by atoms with van der Waals surface area (Å²) < 4.78 is 0. The van der Waals surface area contributed by atoms with Gasteiger partial charge in [0.1, 0.15) is 0 Å². The molecule has 0 saturated carbocycles. The van der Waals surface area contributed by atoms with Crippen molar-refractivity contribution in [2.45, 2.75) is 38.6 Å². The summed E-state index contributed by atoms with van der Waals surface area (Å²) in [5, 5.41) is 0.545. The quantitative estimate of drug-likeness (QED) is 0.488. The van der Waals surface area contributed by atoms with Gasteiger partial charge in [-0.2, -0.15) is 4.98 Å². The van der Waals surface area contributed by atoms with E-state index < -0.39 is 0 Å². The number of piperidine rings is 1. The van der Waals surface area contributed by atoms with E-state index in [1.54, 1.807) is 6.20 Å². The van der Waals surface area contributed by atoms with Crippen LogP contribution < -0.4 is 10.5 Å². The van der Waals surface area contributed by atoms with Gasteiger partial charge in [0.25, 0.3) is 5.56 Å². The Morgan fingerprint density at radius 3 is 2.48 bits per heavy atom. The Morgan fingerprint density at radius 2 is 1.71 bits per heavy atom. The van der Waals surface area contributed by atoms with Crippen molar-refractivity contribution >= 4 is 17.0 Å². The zero-order chi connectivity index (χ0) is 21.2. The van der Waals surface area contributed by atoms with Gasteiger partial charge in [0.15, 0.2) is 5.65 Å². The van der Waals surface area contributed by atoms with Crippen LogP contribution in [0.5, 0.6) is 0 Å². The molecule has 3 heterocycles. The first-order chi connectivity index (χ1) is 15.2. The van der Waals surface area contributed by atoms with Crippen molar-refractivity contribution in [1.29, 1.82) is 0 Å². The van der Waals surface area contributed by atoms with Crippen molar-refractivity contribution in [1.82, 2.24) is 15.0 Å². The molecule has 5 heteroatoms. The summed E-state index contributed by atoms with van der Waals surface area (Å²) in [7, 11) is 0. The second kappa shape index (κ2) is 8.34. The molecular formula is C26H26N4O. The Bertz CT molecular complexity index is 1250. The Morgan fingerprint density at radius 1 is 0.968 bits per heavy atom. The molecule has 1 atom stereocenters. The number of H-pyrrole nitrogens is 1. The number of nitrogens with zero attached hydrogens (tertiary/aromatic N) is 3. The van der Waals surface area contributed by atoms with Crippen molar-refractivity contribution in [3.63, 3.8) is 0 Å². The number of fused-ring (bicyclic) bond motifs is 1. The first-order valence-electron chi connectivity index (χ1n) is 11.1. The van der Waals surface area contributed by atoms with Crippen LogP contribution in [0.1, 0.15) is 32.6 Å². The summed E-state index contributed by atoms with van der Waals surface area (Å²) in [6.07, 6.45) is 6.28. The average molecular weight is 411 g/mol. The topological polar surface area (TPSA) is 61.9 Å². The molecule has 2 aromatic carbocycles. The minimum atomic E-state index is -0.129. The lowest BCUT2D eigenvalue weighted by Crippen LogP contribution is -2.41. The molecule has 0 bridgehead atoms. The molecule has 156 valence electrons. The summed E-state index contributed by atoms with van der Waals surface area (Å²) in [5.74, 6) is 0.646. The number of nitrogens with one attached hydrogen (secondary N) is 1. The lowest BCUT2D eigenvalue weighted by molar-refractivity contribution is 0.443. The summed E-state index contributed by atoms with van der Waals surface area (Å²) in [4.78, 5) is 27.7. The van der Waals surface area contributed by atoms with Crippen molar-refractivity contribution in [3.8, 4) is 22.3 Å². The monoisotopic (exact) mass is 410 g/mol. The fourth-order valence-corrected chi connectivity index (χ4v) is 4.60. The normalized spacial score (nSPS) is 16.5. The summed E-state index contributed by atoms with van der Waals surface area (Å²) in [6.45, 7) is 3.12. The molecule has 1 aliphatic heterocycles. The van der Waals surface area contributed by atoms with Crippen LogP contribution in [0.25, 0.3) is 33.3 Å². The molecule has 0 amide bonds. The van der Waals surface area contributed by atoms with E-state index in [9.17, 15) is 4.79 Å². The minimum absolute atomic E-state index is 0.129. The fourth-order valence-electron chi connectivity index (χ4n) is 4.60. The predicted molar refractivity (Wildman–Crippen MR) is 126 cm³/mol. The number of aromatic amines is 1. The maximum atomic E-state index is 13.2. The Balaban J connectivity index is 1.55. The summed E-state index contributed by atoms with van der Waals surface area (Å²) >= 11 is 0. The second-order valence-corrected chi connectivity index (χ2v) is 8.14. The number of rotatable bonds is 4. The first-order valence-corrected chi connectivity index (χ1v) is 11.1. The highest BCUT2D eigenvalue weighted by Crippen LogP contribution is 2.29. The van der Waals surface area contributed by atoms with E-state index in [1.165, 1.54) is 12.0 Å². The van der Waals surface area contributed by atoms with Crippen LogP contribution in [-0.2, 0) is 0 Å². The molecule has 1 aliphatic rings. The minimum Gasteiger partial charge on any atom is -0.339 e. The van der Waals surface area contributed by atoms with Crippen LogP contribution in [0.15, 0.2) is 71.7 Å². The van der Waals surface area contributed by atoms with Crippen molar-refractivity contribution < 1.29 is 0 Å². The average Bonchev–Trinajstić information content (AvgIpc) is 2.84. The van der Waals surface area contributed by atoms with Crippen molar-refractivity contribution in [2.24, 2.45) is 0 Å². The molecule has 1 saturated heterocycles. The SMILES string of the molecule is CCC1CCCCN1c1nc2nccc(-c3ccc(-c4ccccc4)cc3)c2c(=O)[nH]1. The largest absolute Gasteiger partial charge is 0.339 e. The zero-order valence-corrected chi connectivity index (χ0v) is 17.7. The van der Waals surface area contributed by atoms with Gasteiger partial charge in [-0.05, 0) is 54.0 Å². The van der Waals surface area contributed by atoms with Crippen LogP contribution in [0, 0.1) is 0 Å². The van der Waals surface area contributed by atoms with Crippen LogP contribution in [0.4, 0.5) is 5.95 Å². The van der Waals surface area contributed by atoms with Gasteiger partial charge < -0.3 is 4.90 Å². The maximum Gasteiger partial charge on any atom is 0.262 e. The number of hydrogen-bond acceptors (Lipinski definition) is 4. The van der Waals surface area contributed by atoms with Crippen LogP contribution in [0.2, 0.25) is 0 Å². The van der Waals surface area contributed by atoms with Gasteiger partial charge in [-0.25, -0.2) is 4.98 Å². The summed E-state index contributed by atoms with van der Waals surface area (Å²) in [5.41, 5.74) is 4.53. The molecule has 1 unspecified atom stereocenters. The molecule has 0 aliphatic carbocycles. The predicted octanol–water partition coefficient (Wildman–Crippen LogP) is 5.42. The second-order valence-electron chi connectivity index (χ2n) is 8.14. The fraction of sp³-hybridized carbons (Fsp3) is 0.269. The van der Waals surface area contributed by atoms with Crippen LogP contribution >= 0.6 is 0 Å². The zero-order valence-electron chi connectivity index (χ0n) is 17.7. The third-order valence-corrected chi connectivity index (χ3v) is 6.27. The van der Waals surface area contributed by atoms with E-state index >= 15 is 0 Å². The Labute approximate surface area is 181 Å². The van der Waals surface area contributed by atoms with E-state index in [4.69, 9.17) is 4.98 Å². The van der Waals surface area contributed by atoms with Crippen molar-refractivity contribution in [3.05, 3.63) is 77.2 Å². The molecular weight excluding hydrogens is 384 g/mol. The molecule has 1 fully saturated rings. The molecule has 0 spiro atoms. The van der Waals surface area contributed by atoms with Crippen LogP contribution in [-0.4, -0.2) is 27.5 Å². The third-order valence-electron chi connectivity index (χ3n) is 6.27. The molecule has 1 N–H and O–H groups in total. The van der Waals surface area contributed by atoms with Gasteiger partial charge in [-0.15, -0.1) is 0 Å². The van der Waals surface area contributed by atoms with Crippen LogP contribution in [0.3, 0.4) is 0 Å². The van der Waals surface area contributed by atoms with Gasteiger partial charge in [0, 0.05) is 18.8 Å². The highest BCUT2D eigenvalue weighted by molar-refractivity contribution is 5.92. The van der Waals surface area contributed by atoms with Gasteiger partial charge in [-0.1, -0.05) is 61.5 Å².